The summed E-state index contributed by atoms with van der Waals surface area (Å²) in [7, 11) is 0. The van der Waals surface area contributed by atoms with Gasteiger partial charge in [0, 0.05) is 12.1 Å². The molecule has 1 fully saturated rings. The maximum Gasteiger partial charge on any atom is 0.238 e. The monoisotopic (exact) mass is 370 g/mol. The van der Waals surface area contributed by atoms with Crippen molar-refractivity contribution in [2.45, 2.75) is 25.6 Å². The van der Waals surface area contributed by atoms with Gasteiger partial charge in [0.2, 0.25) is 11.8 Å². The Kier molecular flexibility index (Phi) is 5.83. The molecule has 1 aliphatic heterocycles. The fourth-order valence-corrected chi connectivity index (χ4v) is 4.01. The van der Waals surface area contributed by atoms with Gasteiger partial charge < -0.3 is 10.1 Å². The van der Waals surface area contributed by atoms with Gasteiger partial charge in [0.05, 0.1) is 18.0 Å². The van der Waals surface area contributed by atoms with Crippen molar-refractivity contribution in [1.29, 1.82) is 0 Å². The SMILES string of the molecule is CCOc1ccccc1N1C(=O)CS[C@H]1c1ccc(NC(=O)CC)cc1. The second-order valence-electron chi connectivity index (χ2n) is 5.85. The van der Waals surface area contributed by atoms with Gasteiger partial charge in [-0.25, -0.2) is 0 Å². The minimum atomic E-state index is -0.111. The summed E-state index contributed by atoms with van der Waals surface area (Å²) in [5.41, 5.74) is 2.57. The second-order valence-corrected chi connectivity index (χ2v) is 6.92. The molecule has 0 unspecified atom stereocenters. The van der Waals surface area contributed by atoms with Crippen LogP contribution in [0.4, 0.5) is 11.4 Å². The Morgan fingerprint density at radius 1 is 1.19 bits per heavy atom. The Morgan fingerprint density at radius 2 is 1.92 bits per heavy atom. The topological polar surface area (TPSA) is 58.6 Å². The molecule has 1 atom stereocenters. The Morgan fingerprint density at radius 3 is 2.62 bits per heavy atom. The Labute approximate surface area is 157 Å². The maximum atomic E-state index is 12.6. The summed E-state index contributed by atoms with van der Waals surface area (Å²) in [6, 6.07) is 15.3. The van der Waals surface area contributed by atoms with Crippen LogP contribution in [0.1, 0.15) is 31.2 Å². The van der Waals surface area contributed by atoms with Gasteiger partial charge in [-0.2, -0.15) is 0 Å². The lowest BCUT2D eigenvalue weighted by molar-refractivity contribution is -0.116. The van der Waals surface area contributed by atoms with Crippen LogP contribution in [0.2, 0.25) is 0 Å². The average Bonchev–Trinajstić information content (AvgIpc) is 3.04. The molecule has 26 heavy (non-hydrogen) atoms. The van der Waals surface area contributed by atoms with Crippen molar-refractivity contribution >= 4 is 35.0 Å². The first kappa shape index (κ1) is 18.3. The number of benzene rings is 2. The number of carbonyl (C=O) groups excluding carboxylic acids is 2. The molecule has 5 nitrogen and oxygen atoms in total. The first-order valence-electron chi connectivity index (χ1n) is 8.69. The Hall–Kier alpha value is -2.47. The van der Waals surface area contributed by atoms with Crippen LogP contribution in [-0.4, -0.2) is 24.2 Å². The van der Waals surface area contributed by atoms with Gasteiger partial charge in [-0.3, -0.25) is 14.5 Å². The largest absolute Gasteiger partial charge is 0.492 e. The lowest BCUT2D eigenvalue weighted by Crippen LogP contribution is -2.28. The highest BCUT2D eigenvalue weighted by atomic mass is 32.2. The van der Waals surface area contributed by atoms with E-state index in [9.17, 15) is 9.59 Å². The Bertz CT molecular complexity index is 792. The highest BCUT2D eigenvalue weighted by Gasteiger charge is 2.35. The third kappa shape index (κ3) is 3.85. The van der Waals surface area contributed by atoms with Gasteiger partial charge in [0.25, 0.3) is 0 Å². The molecule has 1 saturated heterocycles. The lowest BCUT2D eigenvalue weighted by atomic mass is 10.1. The fraction of sp³-hybridized carbons (Fsp3) is 0.300. The summed E-state index contributed by atoms with van der Waals surface area (Å²) in [4.78, 5) is 25.9. The lowest BCUT2D eigenvalue weighted by Gasteiger charge is -2.26. The summed E-state index contributed by atoms with van der Waals surface area (Å²) in [5, 5.41) is 2.73. The standard InChI is InChI=1S/C20H22N2O3S/c1-3-18(23)21-15-11-9-14(10-12-15)20-22(19(24)13-26-20)16-7-5-6-8-17(16)25-4-2/h5-12,20H,3-4,13H2,1-2H3,(H,21,23)/t20-/m0/s1. The first-order valence-corrected chi connectivity index (χ1v) is 9.74. The van der Waals surface area contributed by atoms with Crippen molar-refractivity contribution < 1.29 is 14.3 Å². The molecule has 136 valence electrons. The zero-order valence-electron chi connectivity index (χ0n) is 14.9. The quantitative estimate of drug-likeness (QED) is 0.827. The number of thioether (sulfide) groups is 1. The molecule has 0 spiro atoms. The van der Waals surface area contributed by atoms with E-state index in [4.69, 9.17) is 4.74 Å². The molecule has 0 aromatic heterocycles. The number of carbonyl (C=O) groups is 2. The van der Waals surface area contributed by atoms with E-state index in [0.29, 0.717) is 24.5 Å². The third-order valence-electron chi connectivity index (χ3n) is 4.09. The normalized spacial score (nSPS) is 16.6. The number of hydrogen-bond donors (Lipinski definition) is 1. The number of nitrogens with one attached hydrogen (secondary N) is 1. The van der Waals surface area contributed by atoms with E-state index in [1.54, 1.807) is 16.7 Å². The van der Waals surface area contributed by atoms with E-state index in [0.717, 1.165) is 16.9 Å². The minimum absolute atomic E-state index is 0.0181. The van der Waals surface area contributed by atoms with E-state index >= 15 is 0 Å². The van der Waals surface area contributed by atoms with Gasteiger partial charge in [0.1, 0.15) is 11.1 Å². The zero-order valence-corrected chi connectivity index (χ0v) is 15.7. The van der Waals surface area contributed by atoms with E-state index in [1.807, 2.05) is 62.4 Å². The van der Waals surface area contributed by atoms with Crippen LogP contribution in [0.3, 0.4) is 0 Å². The van der Waals surface area contributed by atoms with Crippen LogP contribution in [-0.2, 0) is 9.59 Å². The molecule has 0 saturated carbocycles. The molecule has 6 heteroatoms. The summed E-state index contributed by atoms with van der Waals surface area (Å²) in [6.07, 6.45) is 0.441. The maximum absolute atomic E-state index is 12.6. The van der Waals surface area contributed by atoms with Gasteiger partial charge in [-0.15, -0.1) is 11.8 Å². The number of nitrogens with zero attached hydrogens (tertiary/aromatic N) is 1. The summed E-state index contributed by atoms with van der Waals surface area (Å²) in [5.74, 6) is 1.19. The van der Waals surface area contributed by atoms with Gasteiger partial charge in [0.15, 0.2) is 0 Å². The molecule has 2 amide bonds. The molecule has 1 N–H and O–H groups in total. The zero-order chi connectivity index (χ0) is 18.5. The van der Waals surface area contributed by atoms with Crippen LogP contribution in [0, 0.1) is 0 Å². The third-order valence-corrected chi connectivity index (χ3v) is 5.31. The molecular formula is C20H22N2O3S. The molecule has 0 radical (unpaired) electrons. The summed E-state index contributed by atoms with van der Waals surface area (Å²) < 4.78 is 5.71. The van der Waals surface area contributed by atoms with Crippen LogP contribution in [0.15, 0.2) is 48.5 Å². The van der Waals surface area contributed by atoms with Gasteiger partial charge in [-0.05, 0) is 36.8 Å². The highest BCUT2D eigenvalue weighted by molar-refractivity contribution is 8.00. The van der Waals surface area contributed by atoms with E-state index in [-0.39, 0.29) is 17.2 Å². The molecule has 2 aromatic rings. The van der Waals surface area contributed by atoms with Crippen LogP contribution < -0.4 is 15.0 Å². The van der Waals surface area contributed by atoms with Crippen molar-refractivity contribution in [3.63, 3.8) is 0 Å². The number of rotatable bonds is 6. The number of ether oxygens (including phenoxy) is 1. The van der Waals surface area contributed by atoms with Gasteiger partial charge >= 0.3 is 0 Å². The van der Waals surface area contributed by atoms with Gasteiger partial charge in [-0.1, -0.05) is 31.2 Å². The average molecular weight is 370 g/mol. The highest BCUT2D eigenvalue weighted by Crippen LogP contribution is 2.44. The number of anilines is 2. The fourth-order valence-electron chi connectivity index (χ4n) is 2.85. The molecule has 1 heterocycles. The van der Waals surface area contributed by atoms with Crippen molar-refractivity contribution in [2.75, 3.05) is 22.6 Å². The predicted octanol–water partition coefficient (Wildman–Crippen LogP) is 4.21. The Balaban J connectivity index is 1.87. The summed E-state index contributed by atoms with van der Waals surface area (Å²) in [6.45, 7) is 4.29. The van der Waals surface area contributed by atoms with E-state index in [1.165, 1.54) is 0 Å². The second kappa shape index (κ2) is 8.27. The van der Waals surface area contributed by atoms with E-state index < -0.39 is 0 Å². The van der Waals surface area contributed by atoms with Crippen molar-refractivity contribution in [3.05, 3.63) is 54.1 Å². The van der Waals surface area contributed by atoms with Crippen LogP contribution >= 0.6 is 11.8 Å². The molecular weight excluding hydrogens is 348 g/mol. The smallest absolute Gasteiger partial charge is 0.238 e. The summed E-state index contributed by atoms with van der Waals surface area (Å²) >= 11 is 1.59. The molecule has 2 aromatic carbocycles. The minimum Gasteiger partial charge on any atom is -0.492 e. The molecule has 3 rings (SSSR count). The number of para-hydroxylation sites is 2. The van der Waals surface area contributed by atoms with Crippen molar-refractivity contribution in [1.82, 2.24) is 0 Å². The van der Waals surface area contributed by atoms with Crippen molar-refractivity contribution in [3.8, 4) is 5.75 Å². The number of hydrogen-bond acceptors (Lipinski definition) is 4. The molecule has 0 bridgehead atoms. The van der Waals surface area contributed by atoms with Crippen LogP contribution in [0.25, 0.3) is 0 Å². The van der Waals surface area contributed by atoms with E-state index in [2.05, 4.69) is 5.32 Å². The first-order chi connectivity index (χ1) is 12.6. The predicted molar refractivity (Wildman–Crippen MR) is 106 cm³/mol. The van der Waals surface area contributed by atoms with Crippen LogP contribution in [0.5, 0.6) is 5.75 Å². The molecule has 0 aliphatic carbocycles. The molecule has 1 aliphatic rings. The number of amides is 2. The van der Waals surface area contributed by atoms with Crippen molar-refractivity contribution in [2.24, 2.45) is 0 Å².